The monoisotopic (exact) mass is 245 g/mol. The SMILES string of the molecule is Cc1c(C(F)F)cnc(C(F)(F)F)c1Cl. The summed E-state index contributed by atoms with van der Waals surface area (Å²) < 4.78 is 61.2. The van der Waals surface area contributed by atoms with Gasteiger partial charge < -0.3 is 0 Å². The van der Waals surface area contributed by atoms with Crippen LogP contribution in [0, 0.1) is 6.92 Å². The molecular weight excluding hydrogens is 241 g/mol. The Balaban J connectivity index is 3.34. The van der Waals surface area contributed by atoms with Crippen LogP contribution < -0.4 is 0 Å². The molecule has 84 valence electrons. The summed E-state index contributed by atoms with van der Waals surface area (Å²) in [5.41, 5.74) is -2.23. The predicted octanol–water partition coefficient (Wildman–Crippen LogP) is 4.00. The van der Waals surface area contributed by atoms with Gasteiger partial charge in [-0.3, -0.25) is 0 Å². The third-order valence-electron chi connectivity index (χ3n) is 1.81. The number of nitrogens with zero attached hydrogens (tertiary/aromatic N) is 1. The summed E-state index contributed by atoms with van der Waals surface area (Å²) in [7, 11) is 0. The Hall–Kier alpha value is -0.910. The van der Waals surface area contributed by atoms with Crippen LogP contribution in [-0.4, -0.2) is 4.98 Å². The van der Waals surface area contributed by atoms with Crippen LogP contribution in [0.25, 0.3) is 0 Å². The Kier molecular flexibility index (Phi) is 3.18. The number of rotatable bonds is 1. The van der Waals surface area contributed by atoms with E-state index >= 15 is 0 Å². The first-order valence-corrected chi connectivity index (χ1v) is 4.13. The lowest BCUT2D eigenvalue weighted by molar-refractivity contribution is -0.141. The molecule has 0 aromatic carbocycles. The normalized spacial score (nSPS) is 12.3. The zero-order valence-electron chi connectivity index (χ0n) is 7.37. The summed E-state index contributed by atoms with van der Waals surface area (Å²) in [6.07, 6.45) is -7.13. The van der Waals surface area contributed by atoms with Gasteiger partial charge in [0.25, 0.3) is 6.43 Å². The highest BCUT2D eigenvalue weighted by Crippen LogP contribution is 2.37. The largest absolute Gasteiger partial charge is 0.434 e. The van der Waals surface area contributed by atoms with Crippen molar-refractivity contribution < 1.29 is 22.0 Å². The second-order valence-corrected chi connectivity index (χ2v) is 3.18. The predicted molar refractivity (Wildman–Crippen MR) is 43.9 cm³/mol. The van der Waals surface area contributed by atoms with Gasteiger partial charge in [-0.15, -0.1) is 0 Å². The molecule has 7 heteroatoms. The van der Waals surface area contributed by atoms with Gasteiger partial charge in [0, 0.05) is 11.8 Å². The lowest BCUT2D eigenvalue weighted by Gasteiger charge is -2.12. The minimum Gasteiger partial charge on any atom is -0.250 e. The Bertz CT molecular complexity index is 374. The second-order valence-electron chi connectivity index (χ2n) is 2.80. The molecule has 0 aliphatic rings. The third-order valence-corrected chi connectivity index (χ3v) is 2.27. The number of aromatic nitrogens is 1. The van der Waals surface area contributed by atoms with E-state index in [0.717, 1.165) is 6.92 Å². The van der Waals surface area contributed by atoms with Crippen molar-refractivity contribution in [1.29, 1.82) is 0 Å². The lowest BCUT2D eigenvalue weighted by Crippen LogP contribution is -2.10. The molecular formula is C8H5ClF5N. The van der Waals surface area contributed by atoms with Gasteiger partial charge >= 0.3 is 6.18 Å². The van der Waals surface area contributed by atoms with Crippen LogP contribution >= 0.6 is 11.6 Å². The van der Waals surface area contributed by atoms with Crippen molar-refractivity contribution in [2.24, 2.45) is 0 Å². The van der Waals surface area contributed by atoms with Crippen molar-refractivity contribution in [2.45, 2.75) is 19.5 Å². The van der Waals surface area contributed by atoms with E-state index in [9.17, 15) is 22.0 Å². The van der Waals surface area contributed by atoms with E-state index in [1.165, 1.54) is 0 Å². The van der Waals surface area contributed by atoms with Crippen LogP contribution in [0.4, 0.5) is 22.0 Å². The summed E-state index contributed by atoms with van der Waals surface area (Å²) in [5, 5.41) is -0.777. The number of hydrogen-bond acceptors (Lipinski definition) is 1. The Labute approximate surface area is 86.9 Å². The summed E-state index contributed by atoms with van der Waals surface area (Å²) >= 11 is 5.31. The van der Waals surface area contributed by atoms with E-state index in [2.05, 4.69) is 4.98 Å². The van der Waals surface area contributed by atoms with E-state index in [-0.39, 0.29) is 5.56 Å². The Morgan fingerprint density at radius 2 is 1.87 bits per heavy atom. The van der Waals surface area contributed by atoms with Crippen LogP contribution in [0.1, 0.15) is 23.2 Å². The van der Waals surface area contributed by atoms with Crippen LogP contribution in [0.2, 0.25) is 5.02 Å². The van der Waals surface area contributed by atoms with E-state index in [1.54, 1.807) is 0 Å². The topological polar surface area (TPSA) is 12.9 Å². The lowest BCUT2D eigenvalue weighted by atomic mass is 10.1. The molecule has 15 heavy (non-hydrogen) atoms. The number of halogens is 6. The smallest absolute Gasteiger partial charge is 0.250 e. The third kappa shape index (κ3) is 2.37. The van der Waals surface area contributed by atoms with Crippen LogP contribution in [0.15, 0.2) is 6.20 Å². The van der Waals surface area contributed by atoms with Gasteiger partial charge in [-0.25, -0.2) is 13.8 Å². The average molecular weight is 246 g/mol. The highest BCUT2D eigenvalue weighted by atomic mass is 35.5. The molecule has 0 bridgehead atoms. The van der Waals surface area contributed by atoms with Crippen molar-refractivity contribution >= 4 is 11.6 Å². The molecule has 0 fully saturated rings. The van der Waals surface area contributed by atoms with Gasteiger partial charge in [-0.2, -0.15) is 13.2 Å². The molecule has 1 nitrogen and oxygen atoms in total. The first kappa shape index (κ1) is 12.2. The molecule has 0 amide bonds. The molecule has 1 aromatic heterocycles. The van der Waals surface area contributed by atoms with Gasteiger partial charge in [0.15, 0.2) is 5.69 Å². The number of hydrogen-bond donors (Lipinski definition) is 0. The van der Waals surface area contributed by atoms with Crippen LogP contribution in [-0.2, 0) is 6.18 Å². The number of alkyl halides is 5. The average Bonchev–Trinajstić information content (AvgIpc) is 2.06. The maximum absolute atomic E-state index is 12.3. The fraction of sp³-hybridized carbons (Fsp3) is 0.375. The molecule has 1 heterocycles. The highest BCUT2D eigenvalue weighted by molar-refractivity contribution is 6.32. The van der Waals surface area contributed by atoms with Gasteiger partial charge in [-0.05, 0) is 12.5 Å². The second kappa shape index (κ2) is 3.92. The zero-order chi connectivity index (χ0) is 11.8. The maximum Gasteiger partial charge on any atom is 0.434 e. The molecule has 0 N–H and O–H groups in total. The van der Waals surface area contributed by atoms with Gasteiger partial charge in [0.05, 0.1) is 5.02 Å². The van der Waals surface area contributed by atoms with E-state index in [0.29, 0.717) is 6.20 Å². The van der Waals surface area contributed by atoms with Gasteiger partial charge in [0.1, 0.15) is 0 Å². The van der Waals surface area contributed by atoms with Crippen molar-refractivity contribution in [3.63, 3.8) is 0 Å². The highest BCUT2D eigenvalue weighted by Gasteiger charge is 2.36. The molecule has 0 aliphatic carbocycles. The van der Waals surface area contributed by atoms with E-state index < -0.39 is 28.9 Å². The van der Waals surface area contributed by atoms with Crippen molar-refractivity contribution in [3.8, 4) is 0 Å². The fourth-order valence-corrected chi connectivity index (χ4v) is 1.27. The first-order valence-electron chi connectivity index (χ1n) is 3.75. The van der Waals surface area contributed by atoms with E-state index in [4.69, 9.17) is 11.6 Å². The van der Waals surface area contributed by atoms with Crippen LogP contribution in [0.3, 0.4) is 0 Å². The summed E-state index contributed by atoms with van der Waals surface area (Å²) in [6.45, 7) is 1.10. The van der Waals surface area contributed by atoms with Crippen LogP contribution in [0.5, 0.6) is 0 Å². The summed E-state index contributed by atoms with van der Waals surface area (Å²) in [5.74, 6) is 0. The molecule has 0 atom stereocenters. The molecule has 0 radical (unpaired) electrons. The van der Waals surface area contributed by atoms with Gasteiger partial charge in [0.2, 0.25) is 0 Å². The summed E-state index contributed by atoms with van der Waals surface area (Å²) in [4.78, 5) is 2.89. The fourth-order valence-electron chi connectivity index (χ4n) is 1.01. The molecule has 0 aliphatic heterocycles. The Morgan fingerprint density at radius 1 is 1.33 bits per heavy atom. The van der Waals surface area contributed by atoms with Crippen molar-refractivity contribution in [2.75, 3.05) is 0 Å². The minimum absolute atomic E-state index is 0.297. The van der Waals surface area contributed by atoms with Crippen molar-refractivity contribution in [1.82, 2.24) is 4.98 Å². The van der Waals surface area contributed by atoms with E-state index in [1.807, 2.05) is 0 Å². The zero-order valence-corrected chi connectivity index (χ0v) is 8.13. The Morgan fingerprint density at radius 3 is 2.27 bits per heavy atom. The minimum atomic E-state index is -4.73. The van der Waals surface area contributed by atoms with Gasteiger partial charge in [-0.1, -0.05) is 11.6 Å². The molecule has 0 spiro atoms. The molecule has 0 saturated heterocycles. The van der Waals surface area contributed by atoms with Crippen molar-refractivity contribution in [3.05, 3.63) is 28.0 Å². The summed E-state index contributed by atoms with van der Waals surface area (Å²) in [6, 6.07) is 0. The first-order chi connectivity index (χ1) is 6.75. The molecule has 0 saturated carbocycles. The maximum atomic E-state index is 12.3. The molecule has 1 aromatic rings. The number of pyridine rings is 1. The quantitative estimate of drug-likeness (QED) is 0.682. The standard InChI is InChI=1S/C8H5ClF5N/c1-3-4(7(10)11)2-15-6(5(3)9)8(12,13)14/h2,7H,1H3. The molecule has 1 rings (SSSR count). The molecule has 0 unspecified atom stereocenters.